The fraction of sp³-hybridized carbons (Fsp3) is 0.625. The number of pyridine rings is 1. The summed E-state index contributed by atoms with van der Waals surface area (Å²) < 4.78 is 0. The Hall–Kier alpha value is -1.58. The van der Waals surface area contributed by atoms with Crippen molar-refractivity contribution < 1.29 is 4.79 Å². The number of anilines is 1. The molecule has 1 amide bonds. The van der Waals surface area contributed by atoms with Crippen LogP contribution in [0.3, 0.4) is 0 Å². The van der Waals surface area contributed by atoms with Crippen LogP contribution in [0.5, 0.6) is 0 Å². The second-order valence-electron chi connectivity index (χ2n) is 5.24. The molecule has 0 aliphatic heterocycles. The van der Waals surface area contributed by atoms with Gasteiger partial charge >= 0.3 is 0 Å². The van der Waals surface area contributed by atoms with E-state index >= 15 is 0 Å². The van der Waals surface area contributed by atoms with Gasteiger partial charge in [0.05, 0.1) is 0 Å². The van der Waals surface area contributed by atoms with Crippen molar-refractivity contribution in [2.75, 3.05) is 18.4 Å². The van der Waals surface area contributed by atoms with Gasteiger partial charge in [-0.2, -0.15) is 0 Å². The molecule has 0 saturated carbocycles. The first-order chi connectivity index (χ1) is 9.60. The third kappa shape index (κ3) is 5.19. The molecule has 0 fully saturated rings. The van der Waals surface area contributed by atoms with Crippen molar-refractivity contribution in [3.05, 3.63) is 23.4 Å². The Morgan fingerprint density at radius 2 is 2.05 bits per heavy atom. The molecule has 112 valence electrons. The molecular weight excluding hydrogens is 250 g/mol. The Kier molecular flexibility index (Phi) is 7.05. The predicted octanol–water partition coefficient (Wildman–Crippen LogP) is 3.24. The van der Waals surface area contributed by atoms with Crippen LogP contribution in [-0.2, 0) is 6.42 Å². The van der Waals surface area contributed by atoms with E-state index in [0.29, 0.717) is 11.5 Å². The zero-order valence-corrected chi connectivity index (χ0v) is 13.1. The number of aryl methyl sites for hydroxylation is 1. The Morgan fingerprint density at radius 3 is 2.65 bits per heavy atom. The van der Waals surface area contributed by atoms with E-state index in [1.165, 1.54) is 0 Å². The minimum atomic E-state index is -0.0121. The van der Waals surface area contributed by atoms with Gasteiger partial charge in [-0.15, -0.1) is 0 Å². The molecule has 0 aliphatic carbocycles. The lowest BCUT2D eigenvalue weighted by Gasteiger charge is -2.12. The first-order valence-electron chi connectivity index (χ1n) is 7.63. The SMILES string of the molecule is CCCNc1cc(C(=O)NCC(C)CC)cc(CC)n1. The first-order valence-corrected chi connectivity index (χ1v) is 7.63. The normalized spacial score (nSPS) is 12.0. The van der Waals surface area contributed by atoms with Gasteiger partial charge in [0, 0.05) is 24.3 Å². The summed E-state index contributed by atoms with van der Waals surface area (Å²) in [6.45, 7) is 10.0. The molecule has 4 heteroatoms. The summed E-state index contributed by atoms with van der Waals surface area (Å²) >= 11 is 0. The van der Waals surface area contributed by atoms with Crippen LogP contribution in [0.4, 0.5) is 5.82 Å². The van der Waals surface area contributed by atoms with Crippen LogP contribution in [0, 0.1) is 5.92 Å². The van der Waals surface area contributed by atoms with Gasteiger partial charge in [0.1, 0.15) is 5.82 Å². The Labute approximate surface area is 122 Å². The molecule has 1 atom stereocenters. The van der Waals surface area contributed by atoms with Gasteiger partial charge in [-0.25, -0.2) is 4.98 Å². The number of carbonyl (C=O) groups excluding carboxylic acids is 1. The smallest absolute Gasteiger partial charge is 0.251 e. The number of nitrogens with one attached hydrogen (secondary N) is 2. The van der Waals surface area contributed by atoms with Crippen molar-refractivity contribution in [1.82, 2.24) is 10.3 Å². The molecule has 0 spiro atoms. The predicted molar refractivity (Wildman–Crippen MR) is 84.2 cm³/mol. The molecule has 1 rings (SSSR count). The molecule has 0 aliphatic rings. The molecule has 2 N–H and O–H groups in total. The fourth-order valence-corrected chi connectivity index (χ4v) is 1.76. The van der Waals surface area contributed by atoms with Gasteiger partial charge < -0.3 is 10.6 Å². The summed E-state index contributed by atoms with van der Waals surface area (Å²) in [6, 6.07) is 3.71. The van der Waals surface area contributed by atoms with E-state index in [4.69, 9.17) is 0 Å². The highest BCUT2D eigenvalue weighted by Crippen LogP contribution is 2.12. The summed E-state index contributed by atoms with van der Waals surface area (Å²) in [5.41, 5.74) is 1.64. The Balaban J connectivity index is 2.78. The van der Waals surface area contributed by atoms with Crippen LogP contribution in [0.25, 0.3) is 0 Å². The van der Waals surface area contributed by atoms with Crippen molar-refractivity contribution in [3.63, 3.8) is 0 Å². The number of aromatic nitrogens is 1. The zero-order chi connectivity index (χ0) is 15.0. The van der Waals surface area contributed by atoms with Gasteiger partial charge in [0.2, 0.25) is 0 Å². The highest BCUT2D eigenvalue weighted by Gasteiger charge is 2.10. The molecule has 0 aromatic carbocycles. The lowest BCUT2D eigenvalue weighted by atomic mass is 10.1. The average Bonchev–Trinajstić information content (AvgIpc) is 2.49. The van der Waals surface area contributed by atoms with Crippen molar-refractivity contribution >= 4 is 11.7 Å². The fourth-order valence-electron chi connectivity index (χ4n) is 1.76. The second kappa shape index (κ2) is 8.56. The number of hydrogen-bond acceptors (Lipinski definition) is 3. The van der Waals surface area contributed by atoms with E-state index in [1.54, 1.807) is 0 Å². The van der Waals surface area contributed by atoms with Crippen LogP contribution >= 0.6 is 0 Å². The van der Waals surface area contributed by atoms with Gasteiger partial charge in [-0.05, 0) is 30.9 Å². The Bertz CT molecular complexity index is 432. The maximum atomic E-state index is 12.2. The second-order valence-corrected chi connectivity index (χ2v) is 5.24. The molecule has 1 heterocycles. The van der Waals surface area contributed by atoms with Crippen LogP contribution < -0.4 is 10.6 Å². The van der Waals surface area contributed by atoms with Gasteiger partial charge in [-0.1, -0.05) is 34.1 Å². The van der Waals surface area contributed by atoms with E-state index in [2.05, 4.69) is 36.4 Å². The summed E-state index contributed by atoms with van der Waals surface area (Å²) in [7, 11) is 0. The van der Waals surface area contributed by atoms with E-state index < -0.39 is 0 Å². The van der Waals surface area contributed by atoms with Crippen LogP contribution in [0.2, 0.25) is 0 Å². The number of amides is 1. The van der Waals surface area contributed by atoms with Crippen LogP contribution in [0.1, 0.15) is 56.6 Å². The number of rotatable bonds is 8. The minimum absolute atomic E-state index is 0.0121. The minimum Gasteiger partial charge on any atom is -0.370 e. The summed E-state index contributed by atoms with van der Waals surface area (Å²) in [6.07, 6.45) is 2.93. The van der Waals surface area contributed by atoms with Crippen molar-refractivity contribution in [2.45, 2.75) is 47.0 Å². The highest BCUT2D eigenvalue weighted by atomic mass is 16.1. The van der Waals surface area contributed by atoms with Crippen LogP contribution in [-0.4, -0.2) is 24.0 Å². The number of hydrogen-bond donors (Lipinski definition) is 2. The largest absolute Gasteiger partial charge is 0.370 e. The molecule has 1 unspecified atom stereocenters. The van der Waals surface area contributed by atoms with E-state index in [9.17, 15) is 4.79 Å². The summed E-state index contributed by atoms with van der Waals surface area (Å²) in [4.78, 5) is 16.7. The van der Waals surface area contributed by atoms with Crippen molar-refractivity contribution in [3.8, 4) is 0 Å². The molecule has 4 nitrogen and oxygen atoms in total. The molecular formula is C16H27N3O. The highest BCUT2D eigenvalue weighted by molar-refractivity contribution is 5.95. The van der Waals surface area contributed by atoms with E-state index in [1.807, 2.05) is 19.1 Å². The molecule has 1 aromatic heterocycles. The third-order valence-electron chi connectivity index (χ3n) is 3.37. The summed E-state index contributed by atoms with van der Waals surface area (Å²) in [5, 5.41) is 6.24. The monoisotopic (exact) mass is 277 g/mol. The standard InChI is InChI=1S/C16H27N3O/c1-5-8-17-15-10-13(9-14(7-3)19-15)16(20)18-11-12(4)6-2/h9-10,12H,5-8,11H2,1-4H3,(H,17,19)(H,18,20). The maximum absolute atomic E-state index is 12.2. The van der Waals surface area contributed by atoms with Gasteiger partial charge in [0.15, 0.2) is 0 Å². The van der Waals surface area contributed by atoms with Crippen molar-refractivity contribution in [2.24, 2.45) is 5.92 Å². The molecule has 20 heavy (non-hydrogen) atoms. The van der Waals surface area contributed by atoms with Crippen molar-refractivity contribution in [1.29, 1.82) is 0 Å². The van der Waals surface area contributed by atoms with Gasteiger partial charge in [-0.3, -0.25) is 4.79 Å². The van der Waals surface area contributed by atoms with Gasteiger partial charge in [0.25, 0.3) is 5.91 Å². The van der Waals surface area contributed by atoms with E-state index in [-0.39, 0.29) is 5.91 Å². The zero-order valence-electron chi connectivity index (χ0n) is 13.1. The average molecular weight is 277 g/mol. The van der Waals surface area contributed by atoms with E-state index in [0.717, 1.165) is 43.9 Å². The Morgan fingerprint density at radius 1 is 1.30 bits per heavy atom. The molecule has 0 saturated heterocycles. The first kappa shape index (κ1) is 16.5. The molecule has 0 radical (unpaired) electrons. The molecule has 1 aromatic rings. The van der Waals surface area contributed by atoms with Crippen LogP contribution in [0.15, 0.2) is 12.1 Å². The quantitative estimate of drug-likeness (QED) is 0.767. The number of nitrogens with zero attached hydrogens (tertiary/aromatic N) is 1. The maximum Gasteiger partial charge on any atom is 0.251 e. The molecule has 0 bridgehead atoms. The topological polar surface area (TPSA) is 54.0 Å². The summed E-state index contributed by atoms with van der Waals surface area (Å²) in [5.74, 6) is 1.28. The number of carbonyl (C=O) groups is 1. The lowest BCUT2D eigenvalue weighted by molar-refractivity contribution is 0.0947. The lowest BCUT2D eigenvalue weighted by Crippen LogP contribution is -2.28. The third-order valence-corrected chi connectivity index (χ3v) is 3.37.